The third-order valence-corrected chi connectivity index (χ3v) is 6.87. The second-order valence-corrected chi connectivity index (χ2v) is 8.45. The average Bonchev–Trinajstić information content (AvgIpc) is 3.19. The number of fused-ring (bicyclic) bond motifs is 6. The minimum absolute atomic E-state index is 0.678. The minimum atomic E-state index is 0.678. The lowest BCUT2D eigenvalue weighted by Crippen LogP contribution is -1.99. The zero-order valence-electron chi connectivity index (χ0n) is 16.0. The molecule has 2 nitrogen and oxygen atoms in total. The smallest absolute Gasteiger partial charge is 0.536 e. The van der Waals surface area contributed by atoms with Gasteiger partial charge in [-0.05, 0) is 56.9 Å². The third kappa shape index (κ3) is 2.69. The number of thiophene rings is 1. The summed E-state index contributed by atoms with van der Waals surface area (Å²) in [7, 11) is 0.762. The fraction of sp³-hybridized carbons (Fsp3) is 0. The molecule has 1 N–H and O–H groups in total. The van der Waals surface area contributed by atoms with Crippen molar-refractivity contribution in [2.24, 2.45) is 0 Å². The highest BCUT2D eigenvalue weighted by molar-refractivity contribution is 7.26. The molecule has 0 unspecified atom stereocenters. The summed E-state index contributed by atoms with van der Waals surface area (Å²) in [4.78, 5) is 0. The number of hydrogen-bond acceptors (Lipinski definition) is 3. The Bertz CT molecular complexity index is 1570. The van der Waals surface area contributed by atoms with Crippen LogP contribution >= 0.6 is 11.3 Å². The van der Waals surface area contributed by atoms with Gasteiger partial charge in [-0.15, -0.1) is 11.3 Å². The predicted molar refractivity (Wildman–Crippen MR) is 128 cm³/mol. The van der Waals surface area contributed by atoms with Crippen molar-refractivity contribution >= 4 is 60.7 Å². The fourth-order valence-corrected chi connectivity index (χ4v) is 5.47. The predicted octanol–water partition coefficient (Wildman–Crippen LogP) is 6.93. The Balaban J connectivity index is 1.63. The summed E-state index contributed by atoms with van der Waals surface area (Å²) in [6.45, 7) is 0. The van der Waals surface area contributed by atoms with Crippen molar-refractivity contribution in [3.8, 4) is 16.9 Å². The largest absolute Gasteiger partial charge is 0.569 e. The van der Waals surface area contributed by atoms with E-state index >= 15 is 0 Å². The Labute approximate surface area is 178 Å². The molecule has 0 atom stereocenters. The zero-order chi connectivity index (χ0) is 20.1. The Kier molecular flexibility index (Phi) is 4.01. The standard InChI is InChI=1S/C26H16BO2S/c28-27-29-23-15-20-14-19(18-10-9-16-5-1-2-6-17(16)13-18)11-12-21(20)25-22-7-3-4-8-24(22)30-26(23)25/h1-15,28H. The maximum atomic E-state index is 9.32. The molecule has 30 heavy (non-hydrogen) atoms. The topological polar surface area (TPSA) is 29.5 Å². The average molecular weight is 403 g/mol. The van der Waals surface area contributed by atoms with E-state index in [4.69, 9.17) is 4.65 Å². The molecule has 141 valence electrons. The molecule has 4 heteroatoms. The Morgan fingerprint density at radius 3 is 2.27 bits per heavy atom. The van der Waals surface area contributed by atoms with E-state index < -0.39 is 0 Å². The van der Waals surface area contributed by atoms with E-state index in [-0.39, 0.29) is 0 Å². The number of rotatable bonds is 3. The molecule has 0 saturated carbocycles. The van der Waals surface area contributed by atoms with E-state index in [9.17, 15) is 5.02 Å². The van der Waals surface area contributed by atoms with Gasteiger partial charge in [0.2, 0.25) is 0 Å². The van der Waals surface area contributed by atoms with E-state index in [0.717, 1.165) is 23.3 Å². The summed E-state index contributed by atoms with van der Waals surface area (Å²) in [6.07, 6.45) is 0. The summed E-state index contributed by atoms with van der Waals surface area (Å²) >= 11 is 1.69. The van der Waals surface area contributed by atoms with Gasteiger partial charge in [-0.2, -0.15) is 0 Å². The van der Waals surface area contributed by atoms with Crippen LogP contribution in [0.15, 0.2) is 91.0 Å². The summed E-state index contributed by atoms with van der Waals surface area (Å²) in [5.74, 6) is 0.678. The van der Waals surface area contributed by atoms with Crippen LogP contribution in [0.1, 0.15) is 0 Å². The number of benzene rings is 5. The van der Waals surface area contributed by atoms with Crippen LogP contribution in [0.2, 0.25) is 0 Å². The van der Waals surface area contributed by atoms with Crippen LogP contribution in [-0.4, -0.2) is 12.7 Å². The van der Waals surface area contributed by atoms with Gasteiger partial charge in [-0.3, -0.25) is 0 Å². The van der Waals surface area contributed by atoms with Crippen LogP contribution in [0, 0.1) is 0 Å². The summed E-state index contributed by atoms with van der Waals surface area (Å²) in [5, 5.41) is 16.5. The van der Waals surface area contributed by atoms with E-state index in [1.54, 1.807) is 11.3 Å². The van der Waals surface area contributed by atoms with Crippen LogP contribution in [-0.2, 0) is 0 Å². The van der Waals surface area contributed by atoms with Crippen molar-refractivity contribution in [2.45, 2.75) is 0 Å². The normalized spacial score (nSPS) is 11.5. The summed E-state index contributed by atoms with van der Waals surface area (Å²) < 4.78 is 7.76. The first-order valence-corrected chi connectivity index (χ1v) is 10.6. The van der Waals surface area contributed by atoms with Crippen molar-refractivity contribution in [1.82, 2.24) is 0 Å². The molecule has 0 saturated heterocycles. The molecule has 5 aromatic carbocycles. The molecule has 0 aliphatic heterocycles. The van der Waals surface area contributed by atoms with Gasteiger partial charge >= 0.3 is 7.69 Å². The first-order chi connectivity index (χ1) is 14.8. The molecular weight excluding hydrogens is 387 g/mol. The van der Waals surface area contributed by atoms with E-state index in [1.807, 2.05) is 6.07 Å². The van der Waals surface area contributed by atoms with Crippen LogP contribution in [0.4, 0.5) is 0 Å². The van der Waals surface area contributed by atoms with Gasteiger partial charge in [0.1, 0.15) is 5.75 Å². The summed E-state index contributed by atoms with van der Waals surface area (Å²) in [5.41, 5.74) is 2.34. The summed E-state index contributed by atoms with van der Waals surface area (Å²) in [6, 6.07) is 32.0. The molecule has 6 aromatic rings. The highest BCUT2D eigenvalue weighted by atomic mass is 32.1. The van der Waals surface area contributed by atoms with Crippen LogP contribution in [0.5, 0.6) is 5.75 Å². The van der Waals surface area contributed by atoms with Gasteiger partial charge in [-0.1, -0.05) is 66.7 Å². The maximum Gasteiger partial charge on any atom is 0.569 e. The van der Waals surface area contributed by atoms with E-state index in [2.05, 4.69) is 84.9 Å². The molecule has 0 amide bonds. The highest BCUT2D eigenvalue weighted by Crippen LogP contribution is 2.44. The molecular formula is C26H16BO2S. The van der Waals surface area contributed by atoms with E-state index in [0.29, 0.717) is 5.75 Å². The SMILES string of the molecule is O[B]Oc1cc2cc(-c3ccc4ccccc4c3)ccc2c2c1sc1ccccc12. The van der Waals surface area contributed by atoms with Gasteiger partial charge in [0.25, 0.3) is 0 Å². The Morgan fingerprint density at radius 1 is 0.667 bits per heavy atom. The molecule has 1 aromatic heterocycles. The van der Waals surface area contributed by atoms with Gasteiger partial charge < -0.3 is 9.68 Å². The zero-order valence-corrected chi connectivity index (χ0v) is 16.8. The monoisotopic (exact) mass is 403 g/mol. The van der Waals surface area contributed by atoms with E-state index in [1.165, 1.54) is 37.2 Å². The highest BCUT2D eigenvalue weighted by Gasteiger charge is 2.15. The van der Waals surface area contributed by atoms with Gasteiger partial charge in [0.05, 0.1) is 4.70 Å². The lowest BCUT2D eigenvalue weighted by molar-refractivity contribution is 0.457. The molecule has 0 bridgehead atoms. The van der Waals surface area contributed by atoms with Crippen LogP contribution in [0.25, 0.3) is 52.8 Å². The van der Waals surface area contributed by atoms with Crippen LogP contribution in [0.3, 0.4) is 0 Å². The van der Waals surface area contributed by atoms with Crippen molar-refractivity contribution in [3.63, 3.8) is 0 Å². The lowest BCUT2D eigenvalue weighted by Gasteiger charge is -2.10. The first kappa shape index (κ1) is 17.5. The molecule has 1 heterocycles. The first-order valence-electron chi connectivity index (χ1n) is 9.81. The second kappa shape index (κ2) is 6.87. The molecule has 0 aliphatic carbocycles. The second-order valence-electron chi connectivity index (χ2n) is 7.40. The van der Waals surface area contributed by atoms with Crippen molar-refractivity contribution in [2.75, 3.05) is 0 Å². The molecule has 6 rings (SSSR count). The molecule has 1 radical (unpaired) electrons. The van der Waals surface area contributed by atoms with Crippen molar-refractivity contribution in [1.29, 1.82) is 0 Å². The van der Waals surface area contributed by atoms with Gasteiger partial charge in [-0.25, -0.2) is 0 Å². The van der Waals surface area contributed by atoms with Crippen LogP contribution < -0.4 is 4.65 Å². The lowest BCUT2D eigenvalue weighted by atomic mass is 9.96. The van der Waals surface area contributed by atoms with Crippen molar-refractivity contribution < 1.29 is 9.68 Å². The quantitative estimate of drug-likeness (QED) is 0.325. The maximum absolute atomic E-state index is 9.32. The Morgan fingerprint density at radius 2 is 1.40 bits per heavy atom. The Hall–Kier alpha value is -3.34. The van der Waals surface area contributed by atoms with Gasteiger partial charge in [0.15, 0.2) is 0 Å². The molecule has 0 aliphatic rings. The fourth-order valence-electron chi connectivity index (χ4n) is 4.30. The molecule has 0 spiro atoms. The van der Waals surface area contributed by atoms with Crippen molar-refractivity contribution in [3.05, 3.63) is 91.0 Å². The number of hydrogen-bond donors (Lipinski definition) is 1. The third-order valence-electron chi connectivity index (χ3n) is 5.69. The molecule has 0 fully saturated rings. The minimum Gasteiger partial charge on any atom is -0.536 e. The van der Waals surface area contributed by atoms with Gasteiger partial charge in [0, 0.05) is 15.5 Å².